The number of carbonyl (C=O) groups excluding carboxylic acids is 2. The zero-order valence-corrected chi connectivity index (χ0v) is 14.1. The minimum Gasteiger partial charge on any atom is -0.486 e. The molecule has 1 aromatic heterocycles. The van der Waals surface area contributed by atoms with Gasteiger partial charge in [-0.05, 0) is 12.5 Å². The van der Waals surface area contributed by atoms with Gasteiger partial charge in [-0.25, -0.2) is 0 Å². The van der Waals surface area contributed by atoms with Gasteiger partial charge < -0.3 is 20.4 Å². The summed E-state index contributed by atoms with van der Waals surface area (Å²) in [6.45, 7) is 0.954. The molecule has 0 spiro atoms. The number of hydrogen-bond donors (Lipinski definition) is 3. The van der Waals surface area contributed by atoms with E-state index in [0.717, 1.165) is 12.5 Å². The molecule has 1 aromatic carbocycles. The number of carbonyl (C=O) groups is 2. The van der Waals surface area contributed by atoms with Gasteiger partial charge in [0.25, 0.3) is 11.8 Å². The number of benzene rings is 1. The number of hydrogen-bond acceptors (Lipinski definition) is 3. The van der Waals surface area contributed by atoms with Gasteiger partial charge in [0.2, 0.25) is 0 Å². The number of alkyl halides is 3. The second-order valence-corrected chi connectivity index (χ2v) is 5.51. The van der Waals surface area contributed by atoms with Gasteiger partial charge in [-0.1, -0.05) is 30.3 Å². The molecule has 140 valence electrons. The molecule has 0 saturated heterocycles. The van der Waals surface area contributed by atoms with Crippen LogP contribution in [0.15, 0.2) is 36.4 Å². The van der Waals surface area contributed by atoms with Gasteiger partial charge in [-0.15, -0.1) is 0 Å². The lowest BCUT2D eigenvalue weighted by atomic mass is 10.2. The first kappa shape index (κ1) is 19.4. The minimum atomic E-state index is -4.57. The van der Waals surface area contributed by atoms with Gasteiger partial charge in [0.1, 0.15) is 24.0 Å². The normalized spacial score (nSPS) is 12.3. The molecule has 26 heavy (non-hydrogen) atoms. The Labute approximate surface area is 147 Å². The summed E-state index contributed by atoms with van der Waals surface area (Å²) in [5.74, 6) is -1.48. The predicted octanol–water partition coefficient (Wildman–Crippen LogP) is 2.63. The van der Waals surface area contributed by atoms with Crippen LogP contribution >= 0.6 is 0 Å². The molecule has 0 aliphatic carbocycles. The van der Waals surface area contributed by atoms with Crippen molar-refractivity contribution in [2.45, 2.75) is 25.7 Å². The quantitative estimate of drug-likeness (QED) is 0.732. The van der Waals surface area contributed by atoms with Crippen LogP contribution < -0.4 is 15.4 Å². The summed E-state index contributed by atoms with van der Waals surface area (Å²) >= 11 is 0. The largest absolute Gasteiger partial charge is 0.486 e. The maximum absolute atomic E-state index is 12.6. The van der Waals surface area contributed by atoms with Gasteiger partial charge in [0, 0.05) is 13.1 Å². The summed E-state index contributed by atoms with van der Waals surface area (Å²) in [7, 11) is 1.38. The number of aromatic nitrogens is 1. The lowest BCUT2D eigenvalue weighted by molar-refractivity contribution is -0.149. The SMILES string of the molecule is CNC(=O)c1[nH]c(C(=O)NC(C)C(F)(F)F)cc1OCc1ccccc1. The molecule has 0 aliphatic heterocycles. The van der Waals surface area contributed by atoms with Crippen molar-refractivity contribution in [1.29, 1.82) is 0 Å². The molecule has 0 fully saturated rings. The first-order chi connectivity index (χ1) is 12.2. The van der Waals surface area contributed by atoms with Gasteiger partial charge in [0.05, 0.1) is 0 Å². The third-order valence-corrected chi connectivity index (χ3v) is 3.56. The van der Waals surface area contributed by atoms with Crippen LogP contribution in [0, 0.1) is 0 Å². The Balaban J connectivity index is 2.19. The lowest BCUT2D eigenvalue weighted by Gasteiger charge is -2.16. The molecule has 9 heteroatoms. The van der Waals surface area contributed by atoms with E-state index in [1.54, 1.807) is 0 Å². The van der Waals surface area contributed by atoms with Gasteiger partial charge in [-0.2, -0.15) is 13.2 Å². The molecular weight excluding hydrogens is 351 g/mol. The van der Waals surface area contributed by atoms with Gasteiger partial charge in [-0.3, -0.25) is 9.59 Å². The smallest absolute Gasteiger partial charge is 0.408 e. The summed E-state index contributed by atoms with van der Waals surface area (Å²) in [5, 5.41) is 4.20. The maximum atomic E-state index is 12.6. The molecule has 0 radical (unpaired) electrons. The first-order valence-electron chi connectivity index (χ1n) is 7.71. The molecule has 1 heterocycles. The second kappa shape index (κ2) is 7.94. The van der Waals surface area contributed by atoms with E-state index >= 15 is 0 Å². The van der Waals surface area contributed by atoms with E-state index in [0.29, 0.717) is 0 Å². The molecule has 2 amide bonds. The van der Waals surface area contributed by atoms with Crippen molar-refractivity contribution in [3.8, 4) is 5.75 Å². The van der Waals surface area contributed by atoms with E-state index in [4.69, 9.17) is 4.74 Å². The Morgan fingerprint density at radius 1 is 1.19 bits per heavy atom. The van der Waals surface area contributed by atoms with Crippen molar-refractivity contribution in [3.05, 3.63) is 53.3 Å². The van der Waals surface area contributed by atoms with Gasteiger partial charge >= 0.3 is 6.18 Å². The highest BCUT2D eigenvalue weighted by Gasteiger charge is 2.37. The molecule has 1 unspecified atom stereocenters. The topological polar surface area (TPSA) is 83.2 Å². The molecule has 0 aliphatic rings. The fraction of sp³-hybridized carbons (Fsp3) is 0.294. The third-order valence-electron chi connectivity index (χ3n) is 3.56. The van der Waals surface area contributed by atoms with Crippen LogP contribution in [-0.4, -0.2) is 36.1 Å². The van der Waals surface area contributed by atoms with Crippen molar-refractivity contribution in [2.75, 3.05) is 7.05 Å². The monoisotopic (exact) mass is 369 g/mol. The highest BCUT2D eigenvalue weighted by molar-refractivity contribution is 5.99. The highest BCUT2D eigenvalue weighted by atomic mass is 19.4. The fourth-order valence-electron chi connectivity index (χ4n) is 2.06. The number of nitrogens with one attached hydrogen (secondary N) is 3. The Morgan fingerprint density at radius 3 is 2.42 bits per heavy atom. The lowest BCUT2D eigenvalue weighted by Crippen LogP contribution is -2.43. The first-order valence-corrected chi connectivity index (χ1v) is 7.71. The Kier molecular flexibility index (Phi) is 5.91. The van der Waals surface area contributed by atoms with E-state index in [9.17, 15) is 22.8 Å². The van der Waals surface area contributed by atoms with Crippen LogP contribution in [0.25, 0.3) is 0 Å². The number of H-pyrrole nitrogens is 1. The number of halogens is 3. The van der Waals surface area contributed by atoms with Crippen molar-refractivity contribution < 1.29 is 27.5 Å². The standard InChI is InChI=1S/C17H18F3N3O3/c1-10(17(18,19)20)22-15(24)12-8-13(14(23-12)16(25)21-2)26-9-11-6-4-3-5-7-11/h3-8,10,23H,9H2,1-2H3,(H,21,25)(H,22,24). The zero-order valence-electron chi connectivity index (χ0n) is 14.1. The Bertz CT molecular complexity index is 773. The second-order valence-electron chi connectivity index (χ2n) is 5.51. The van der Waals surface area contributed by atoms with Gasteiger partial charge in [0.15, 0.2) is 5.75 Å². The van der Waals surface area contributed by atoms with E-state index in [1.165, 1.54) is 13.1 Å². The molecule has 2 aromatic rings. The molecule has 6 nitrogen and oxygen atoms in total. The number of rotatable bonds is 6. The van der Waals surface area contributed by atoms with E-state index in [1.807, 2.05) is 35.6 Å². The molecule has 1 atom stereocenters. The van der Waals surface area contributed by atoms with E-state index in [-0.39, 0.29) is 23.7 Å². The number of ether oxygens (including phenoxy) is 1. The summed E-state index contributed by atoms with van der Waals surface area (Å²) in [4.78, 5) is 26.5. The summed E-state index contributed by atoms with van der Waals surface area (Å²) in [6, 6.07) is 8.25. The highest BCUT2D eigenvalue weighted by Crippen LogP contribution is 2.23. The van der Waals surface area contributed by atoms with Crippen molar-refractivity contribution in [1.82, 2.24) is 15.6 Å². The van der Waals surface area contributed by atoms with Crippen molar-refractivity contribution in [2.24, 2.45) is 0 Å². The molecule has 0 bridgehead atoms. The minimum absolute atomic E-state index is 0.0479. The summed E-state index contributed by atoms with van der Waals surface area (Å²) < 4.78 is 43.3. The fourth-order valence-corrected chi connectivity index (χ4v) is 2.06. The van der Waals surface area contributed by atoms with E-state index < -0.39 is 24.0 Å². The van der Waals surface area contributed by atoms with E-state index in [2.05, 4.69) is 10.3 Å². The van der Waals surface area contributed by atoms with Crippen LogP contribution in [0.1, 0.15) is 33.5 Å². The van der Waals surface area contributed by atoms with Crippen LogP contribution in [0.2, 0.25) is 0 Å². The molecule has 3 N–H and O–H groups in total. The summed E-state index contributed by atoms with van der Waals surface area (Å²) in [6.07, 6.45) is -4.57. The predicted molar refractivity (Wildman–Crippen MR) is 87.9 cm³/mol. The van der Waals surface area contributed by atoms with Crippen LogP contribution in [-0.2, 0) is 6.61 Å². The Morgan fingerprint density at radius 2 is 1.85 bits per heavy atom. The van der Waals surface area contributed by atoms with Crippen molar-refractivity contribution >= 4 is 11.8 Å². The van der Waals surface area contributed by atoms with Crippen LogP contribution in [0.5, 0.6) is 5.75 Å². The molecule has 2 rings (SSSR count). The Hall–Kier alpha value is -2.97. The van der Waals surface area contributed by atoms with Crippen LogP contribution in [0.4, 0.5) is 13.2 Å². The van der Waals surface area contributed by atoms with Crippen molar-refractivity contribution in [3.63, 3.8) is 0 Å². The molecular formula is C17H18F3N3O3. The third kappa shape index (κ3) is 4.78. The maximum Gasteiger partial charge on any atom is 0.408 e. The average molecular weight is 369 g/mol. The molecule has 0 saturated carbocycles. The van der Waals surface area contributed by atoms with Crippen LogP contribution in [0.3, 0.4) is 0 Å². The average Bonchev–Trinajstić information content (AvgIpc) is 3.03. The zero-order chi connectivity index (χ0) is 19.3. The summed E-state index contributed by atoms with van der Waals surface area (Å²) in [5.41, 5.74) is 0.573. The number of amides is 2. The number of aromatic amines is 1.